The highest BCUT2D eigenvalue weighted by Crippen LogP contribution is 2.25. The zero-order valence-electron chi connectivity index (χ0n) is 21.1. The Bertz CT molecular complexity index is 1480. The Kier molecular flexibility index (Phi) is 9.47. The fourth-order valence-electron chi connectivity index (χ4n) is 3.52. The predicted molar refractivity (Wildman–Crippen MR) is 154 cm³/mol. The Morgan fingerprint density at radius 1 is 0.897 bits per heavy atom. The Hall–Kier alpha value is -4.89. The third kappa shape index (κ3) is 8.05. The van der Waals surface area contributed by atoms with Gasteiger partial charge in [-0.2, -0.15) is 0 Å². The summed E-state index contributed by atoms with van der Waals surface area (Å²) >= 11 is 1.32. The largest absolute Gasteiger partial charge is 0.495 e. The summed E-state index contributed by atoms with van der Waals surface area (Å²) in [5.41, 5.74) is 2.25. The third-order valence-electron chi connectivity index (χ3n) is 5.37. The van der Waals surface area contributed by atoms with Crippen LogP contribution in [0, 0.1) is 0 Å². The number of hydrogen-bond acceptors (Lipinski definition) is 6. The van der Waals surface area contributed by atoms with Crippen LogP contribution in [0.4, 0.5) is 11.4 Å². The first-order valence-electron chi connectivity index (χ1n) is 12.0. The van der Waals surface area contributed by atoms with E-state index < -0.39 is 11.8 Å². The molecule has 0 saturated carbocycles. The molecular formula is C30H26N4O4S. The van der Waals surface area contributed by atoms with Gasteiger partial charge in [-0.3, -0.25) is 19.4 Å². The van der Waals surface area contributed by atoms with E-state index in [0.29, 0.717) is 28.3 Å². The summed E-state index contributed by atoms with van der Waals surface area (Å²) < 4.78 is 5.27. The maximum atomic E-state index is 13.2. The van der Waals surface area contributed by atoms with Gasteiger partial charge in [-0.15, -0.1) is 11.8 Å². The molecule has 1 aromatic heterocycles. The second-order valence-electron chi connectivity index (χ2n) is 8.18. The molecule has 196 valence electrons. The van der Waals surface area contributed by atoms with Crippen LogP contribution in [0.2, 0.25) is 0 Å². The maximum Gasteiger partial charge on any atom is 0.272 e. The molecule has 9 heteroatoms. The van der Waals surface area contributed by atoms with Crippen molar-refractivity contribution in [3.8, 4) is 5.75 Å². The van der Waals surface area contributed by atoms with Crippen molar-refractivity contribution in [3.63, 3.8) is 0 Å². The topological polar surface area (TPSA) is 109 Å². The molecule has 0 bridgehead atoms. The first-order chi connectivity index (χ1) is 19.0. The highest BCUT2D eigenvalue weighted by molar-refractivity contribution is 8.00. The highest BCUT2D eigenvalue weighted by Gasteiger charge is 2.15. The van der Waals surface area contributed by atoms with Crippen LogP contribution in [0.1, 0.15) is 15.9 Å². The lowest BCUT2D eigenvalue weighted by Crippen LogP contribution is -2.30. The van der Waals surface area contributed by atoms with E-state index >= 15 is 0 Å². The van der Waals surface area contributed by atoms with Crippen LogP contribution in [0.5, 0.6) is 5.75 Å². The number of nitrogens with zero attached hydrogens (tertiary/aromatic N) is 1. The summed E-state index contributed by atoms with van der Waals surface area (Å²) in [5, 5.41) is 8.37. The van der Waals surface area contributed by atoms with Gasteiger partial charge in [0.05, 0.1) is 18.6 Å². The lowest BCUT2D eigenvalue weighted by Gasteiger charge is -2.12. The molecule has 0 aliphatic carbocycles. The molecule has 0 spiro atoms. The van der Waals surface area contributed by atoms with E-state index in [9.17, 15) is 14.4 Å². The number of carbonyl (C=O) groups is 3. The molecule has 3 aromatic carbocycles. The Morgan fingerprint density at radius 3 is 2.46 bits per heavy atom. The van der Waals surface area contributed by atoms with Gasteiger partial charge in [-0.25, -0.2) is 0 Å². The molecule has 0 unspecified atom stereocenters. The number of aromatic nitrogens is 1. The van der Waals surface area contributed by atoms with Gasteiger partial charge in [0.15, 0.2) is 0 Å². The first kappa shape index (κ1) is 27.2. The fourth-order valence-corrected chi connectivity index (χ4v) is 4.27. The minimum Gasteiger partial charge on any atom is -0.495 e. The summed E-state index contributed by atoms with van der Waals surface area (Å²) in [6.07, 6.45) is 4.78. The van der Waals surface area contributed by atoms with Gasteiger partial charge >= 0.3 is 0 Å². The van der Waals surface area contributed by atoms with Crippen LogP contribution >= 0.6 is 11.8 Å². The van der Waals surface area contributed by atoms with Gasteiger partial charge in [-0.05, 0) is 60.2 Å². The van der Waals surface area contributed by atoms with Crippen molar-refractivity contribution in [2.24, 2.45) is 0 Å². The van der Waals surface area contributed by atoms with E-state index in [1.165, 1.54) is 11.8 Å². The summed E-state index contributed by atoms with van der Waals surface area (Å²) in [4.78, 5) is 43.4. The number of amides is 3. The van der Waals surface area contributed by atoms with E-state index in [1.54, 1.807) is 92.3 Å². The molecule has 4 aromatic rings. The molecule has 4 rings (SSSR count). The molecule has 0 radical (unpaired) electrons. The summed E-state index contributed by atoms with van der Waals surface area (Å²) in [5.74, 6) is -0.362. The molecule has 0 atom stereocenters. The van der Waals surface area contributed by atoms with Crippen molar-refractivity contribution in [1.82, 2.24) is 10.3 Å². The second kappa shape index (κ2) is 13.6. The molecule has 39 heavy (non-hydrogen) atoms. The standard InChI is InChI=1S/C30H26N4O4S/c1-38-27-15-6-5-14-25(27)33-28(35)20-39-24-13-7-12-23(18-24)32-30(37)26(17-21-9-8-16-31-19-21)34-29(36)22-10-3-2-4-11-22/h2-19H,20H2,1H3,(H,32,37)(H,33,35)(H,34,36)/b26-17-. The minimum atomic E-state index is -0.501. The summed E-state index contributed by atoms with van der Waals surface area (Å²) in [6, 6.07) is 26.5. The van der Waals surface area contributed by atoms with Gasteiger partial charge in [0.25, 0.3) is 11.8 Å². The lowest BCUT2D eigenvalue weighted by atomic mass is 10.2. The quantitative estimate of drug-likeness (QED) is 0.188. The van der Waals surface area contributed by atoms with Crippen LogP contribution < -0.4 is 20.7 Å². The number of anilines is 2. The minimum absolute atomic E-state index is 0.0612. The molecule has 0 fully saturated rings. The molecule has 1 heterocycles. The molecule has 0 aliphatic heterocycles. The van der Waals surface area contributed by atoms with Gasteiger partial charge in [-0.1, -0.05) is 42.5 Å². The molecular weight excluding hydrogens is 512 g/mol. The van der Waals surface area contributed by atoms with Crippen LogP contribution in [-0.4, -0.2) is 35.6 Å². The molecule has 3 N–H and O–H groups in total. The average Bonchev–Trinajstić information content (AvgIpc) is 2.97. The molecule has 0 saturated heterocycles. The van der Waals surface area contributed by atoms with Crippen molar-refractivity contribution in [1.29, 1.82) is 0 Å². The van der Waals surface area contributed by atoms with Crippen LogP contribution in [0.3, 0.4) is 0 Å². The SMILES string of the molecule is COc1ccccc1NC(=O)CSc1cccc(NC(=O)/C(=C/c2cccnc2)NC(=O)c2ccccc2)c1. The van der Waals surface area contributed by atoms with Gasteiger partial charge in [0.1, 0.15) is 11.4 Å². The normalized spacial score (nSPS) is 10.8. The predicted octanol–water partition coefficient (Wildman–Crippen LogP) is 5.23. The monoisotopic (exact) mass is 538 g/mol. The smallest absolute Gasteiger partial charge is 0.272 e. The average molecular weight is 539 g/mol. The molecule has 0 aliphatic rings. The van der Waals surface area contributed by atoms with E-state index in [4.69, 9.17) is 4.74 Å². The van der Waals surface area contributed by atoms with Crippen molar-refractivity contribution < 1.29 is 19.1 Å². The van der Waals surface area contributed by atoms with Gasteiger partial charge < -0.3 is 20.7 Å². The van der Waals surface area contributed by atoms with E-state index in [1.807, 2.05) is 24.3 Å². The number of pyridine rings is 1. The van der Waals surface area contributed by atoms with Gasteiger partial charge in [0.2, 0.25) is 5.91 Å². The van der Waals surface area contributed by atoms with Crippen LogP contribution in [0.25, 0.3) is 6.08 Å². The molecule has 3 amide bonds. The number of para-hydroxylation sites is 2. The molecule has 8 nitrogen and oxygen atoms in total. The van der Waals surface area contributed by atoms with Crippen molar-refractivity contribution in [2.45, 2.75) is 4.90 Å². The van der Waals surface area contributed by atoms with Crippen LogP contribution in [-0.2, 0) is 9.59 Å². The number of benzene rings is 3. The fraction of sp³-hybridized carbons (Fsp3) is 0.0667. The number of ether oxygens (including phenoxy) is 1. The van der Waals surface area contributed by atoms with E-state index in [2.05, 4.69) is 20.9 Å². The number of nitrogens with one attached hydrogen (secondary N) is 3. The van der Waals surface area contributed by atoms with Crippen molar-refractivity contribution in [3.05, 3.63) is 120 Å². The van der Waals surface area contributed by atoms with E-state index in [-0.39, 0.29) is 17.4 Å². The Balaban J connectivity index is 1.43. The zero-order valence-corrected chi connectivity index (χ0v) is 21.9. The van der Waals surface area contributed by atoms with Crippen molar-refractivity contribution in [2.75, 3.05) is 23.5 Å². The number of rotatable bonds is 10. The van der Waals surface area contributed by atoms with Gasteiger partial charge in [0, 0.05) is 28.5 Å². The summed E-state index contributed by atoms with van der Waals surface area (Å²) in [6.45, 7) is 0. The highest BCUT2D eigenvalue weighted by atomic mass is 32.2. The first-order valence-corrected chi connectivity index (χ1v) is 13.0. The number of thioether (sulfide) groups is 1. The summed E-state index contributed by atoms with van der Waals surface area (Å²) in [7, 11) is 1.55. The van der Waals surface area contributed by atoms with E-state index in [0.717, 1.165) is 4.90 Å². The third-order valence-corrected chi connectivity index (χ3v) is 6.36. The Labute approximate surface area is 230 Å². The maximum absolute atomic E-state index is 13.2. The number of hydrogen-bond donors (Lipinski definition) is 3. The van der Waals surface area contributed by atoms with Crippen LogP contribution in [0.15, 0.2) is 114 Å². The lowest BCUT2D eigenvalue weighted by molar-refractivity contribution is -0.114. The number of methoxy groups -OCH3 is 1. The zero-order chi connectivity index (χ0) is 27.5. The second-order valence-corrected chi connectivity index (χ2v) is 9.23. The Morgan fingerprint density at radius 2 is 1.69 bits per heavy atom. The van der Waals surface area contributed by atoms with Crippen molar-refractivity contribution >= 4 is 46.9 Å². The number of carbonyl (C=O) groups excluding carboxylic acids is 3.